The van der Waals surface area contributed by atoms with Crippen molar-refractivity contribution in [3.63, 3.8) is 0 Å². The summed E-state index contributed by atoms with van der Waals surface area (Å²) in [5.74, 6) is -0.0186. The molecule has 0 bridgehead atoms. The van der Waals surface area contributed by atoms with Crippen molar-refractivity contribution in [2.24, 2.45) is 0 Å². The molecular weight excluding hydrogens is 338 g/mol. The third-order valence-electron chi connectivity index (χ3n) is 4.63. The van der Waals surface area contributed by atoms with Crippen molar-refractivity contribution in [2.75, 3.05) is 24.5 Å². The van der Waals surface area contributed by atoms with Crippen LogP contribution in [0.2, 0.25) is 0 Å². The molecule has 1 N–H and O–H groups in total. The van der Waals surface area contributed by atoms with Crippen LogP contribution in [0.15, 0.2) is 23.1 Å². The lowest BCUT2D eigenvalue weighted by Crippen LogP contribution is -2.42. The summed E-state index contributed by atoms with van der Waals surface area (Å²) in [6, 6.07) is 5.71. The van der Waals surface area contributed by atoms with Crippen LogP contribution < -0.4 is 9.62 Å². The SMILES string of the molecule is CC(=O)N1CCc2cc(S(=O)(=O)NCCN(C(C)C)C(C)C)ccc21. The Bertz CT molecular complexity index is 721. The molecule has 25 heavy (non-hydrogen) atoms. The van der Waals surface area contributed by atoms with Crippen molar-refractivity contribution in [1.82, 2.24) is 9.62 Å². The fraction of sp³-hybridized carbons (Fsp3) is 0.611. The molecule has 140 valence electrons. The fourth-order valence-corrected chi connectivity index (χ4v) is 4.45. The van der Waals surface area contributed by atoms with Crippen LogP contribution in [0, 0.1) is 0 Å². The Labute approximate surface area is 151 Å². The maximum absolute atomic E-state index is 12.6. The highest BCUT2D eigenvalue weighted by molar-refractivity contribution is 7.89. The molecule has 1 aliphatic heterocycles. The summed E-state index contributed by atoms with van der Waals surface area (Å²) in [5.41, 5.74) is 1.72. The number of nitrogens with one attached hydrogen (secondary N) is 1. The van der Waals surface area contributed by atoms with Gasteiger partial charge in [0.15, 0.2) is 0 Å². The van der Waals surface area contributed by atoms with Crippen LogP contribution in [-0.4, -0.2) is 50.9 Å². The minimum Gasteiger partial charge on any atom is -0.312 e. The number of hydrogen-bond acceptors (Lipinski definition) is 4. The zero-order valence-electron chi connectivity index (χ0n) is 15.7. The van der Waals surface area contributed by atoms with Gasteiger partial charge in [0.05, 0.1) is 4.90 Å². The molecule has 7 heteroatoms. The van der Waals surface area contributed by atoms with Gasteiger partial charge in [-0.05, 0) is 57.9 Å². The first-order valence-corrected chi connectivity index (χ1v) is 10.3. The van der Waals surface area contributed by atoms with E-state index in [9.17, 15) is 13.2 Å². The van der Waals surface area contributed by atoms with E-state index in [2.05, 4.69) is 37.3 Å². The third-order valence-corrected chi connectivity index (χ3v) is 6.08. The number of fused-ring (bicyclic) bond motifs is 1. The summed E-state index contributed by atoms with van der Waals surface area (Å²) in [6.07, 6.45) is 0.687. The van der Waals surface area contributed by atoms with Crippen LogP contribution in [0.4, 0.5) is 5.69 Å². The zero-order valence-corrected chi connectivity index (χ0v) is 16.6. The second-order valence-corrected chi connectivity index (χ2v) is 8.80. The van der Waals surface area contributed by atoms with E-state index in [1.807, 2.05) is 0 Å². The van der Waals surface area contributed by atoms with Crippen LogP contribution in [0.5, 0.6) is 0 Å². The van der Waals surface area contributed by atoms with Crippen molar-refractivity contribution in [3.05, 3.63) is 23.8 Å². The molecule has 1 aromatic carbocycles. The fourth-order valence-electron chi connectivity index (χ4n) is 3.38. The van der Waals surface area contributed by atoms with Gasteiger partial charge in [0.1, 0.15) is 0 Å². The van der Waals surface area contributed by atoms with Gasteiger partial charge in [-0.1, -0.05) is 0 Å². The molecule has 1 heterocycles. The van der Waals surface area contributed by atoms with E-state index in [0.29, 0.717) is 38.1 Å². The average molecular weight is 368 g/mol. The number of carbonyl (C=O) groups is 1. The molecular formula is C18H29N3O3S. The lowest BCUT2D eigenvalue weighted by Gasteiger charge is -2.30. The van der Waals surface area contributed by atoms with Crippen LogP contribution >= 0.6 is 0 Å². The molecule has 2 rings (SSSR count). The minimum atomic E-state index is -3.55. The molecule has 0 radical (unpaired) electrons. The average Bonchev–Trinajstić information content (AvgIpc) is 2.94. The summed E-state index contributed by atoms with van der Waals surface area (Å²) in [5, 5.41) is 0. The van der Waals surface area contributed by atoms with Gasteiger partial charge in [-0.2, -0.15) is 0 Å². The summed E-state index contributed by atoms with van der Waals surface area (Å²) in [6.45, 7) is 11.6. The Kier molecular flexibility index (Phi) is 6.24. The maximum atomic E-state index is 12.6. The molecule has 6 nitrogen and oxygen atoms in total. The maximum Gasteiger partial charge on any atom is 0.240 e. The summed E-state index contributed by atoms with van der Waals surface area (Å²) < 4.78 is 27.8. The summed E-state index contributed by atoms with van der Waals surface area (Å²) >= 11 is 0. The van der Waals surface area contributed by atoms with Gasteiger partial charge in [0.2, 0.25) is 15.9 Å². The lowest BCUT2D eigenvalue weighted by atomic mass is 10.2. The highest BCUT2D eigenvalue weighted by Crippen LogP contribution is 2.30. The number of amides is 1. The van der Waals surface area contributed by atoms with E-state index in [1.54, 1.807) is 23.1 Å². The minimum absolute atomic E-state index is 0.0186. The van der Waals surface area contributed by atoms with Crippen molar-refractivity contribution < 1.29 is 13.2 Å². The number of anilines is 1. The molecule has 0 aromatic heterocycles. The Hall–Kier alpha value is -1.44. The number of hydrogen-bond donors (Lipinski definition) is 1. The van der Waals surface area contributed by atoms with E-state index in [1.165, 1.54) is 6.92 Å². The Morgan fingerprint density at radius 3 is 2.44 bits per heavy atom. The Balaban J connectivity index is 2.07. The predicted octanol–water partition coefficient (Wildman–Crippen LogP) is 1.99. The Morgan fingerprint density at radius 1 is 1.24 bits per heavy atom. The van der Waals surface area contributed by atoms with E-state index in [4.69, 9.17) is 0 Å². The van der Waals surface area contributed by atoms with Crippen molar-refractivity contribution in [2.45, 2.75) is 58.0 Å². The zero-order chi connectivity index (χ0) is 18.8. The molecule has 0 aliphatic carbocycles. The number of carbonyl (C=O) groups excluding carboxylic acids is 1. The van der Waals surface area contributed by atoms with Gasteiger partial charge >= 0.3 is 0 Å². The summed E-state index contributed by atoms with van der Waals surface area (Å²) in [7, 11) is -3.55. The monoisotopic (exact) mass is 367 g/mol. The number of sulfonamides is 1. The van der Waals surface area contributed by atoms with Gasteiger partial charge in [0.25, 0.3) is 0 Å². The van der Waals surface area contributed by atoms with Gasteiger partial charge in [-0.15, -0.1) is 0 Å². The smallest absolute Gasteiger partial charge is 0.240 e. The van der Waals surface area contributed by atoms with E-state index in [0.717, 1.165) is 11.3 Å². The first-order valence-electron chi connectivity index (χ1n) is 8.80. The highest BCUT2D eigenvalue weighted by Gasteiger charge is 2.25. The van der Waals surface area contributed by atoms with E-state index >= 15 is 0 Å². The van der Waals surface area contributed by atoms with Crippen LogP contribution in [-0.2, 0) is 21.2 Å². The summed E-state index contributed by atoms with van der Waals surface area (Å²) in [4.78, 5) is 15.8. The standard InChI is InChI=1S/C18H29N3O3S/c1-13(2)20(14(3)4)11-9-19-25(23,24)17-6-7-18-16(12-17)8-10-21(18)15(5)22/h6-7,12-14,19H,8-11H2,1-5H3. The molecule has 0 spiro atoms. The molecule has 0 saturated heterocycles. The molecule has 1 amide bonds. The lowest BCUT2D eigenvalue weighted by molar-refractivity contribution is -0.116. The highest BCUT2D eigenvalue weighted by atomic mass is 32.2. The van der Waals surface area contributed by atoms with Crippen molar-refractivity contribution in [1.29, 1.82) is 0 Å². The molecule has 1 aliphatic rings. The molecule has 1 aromatic rings. The third kappa shape index (κ3) is 4.59. The van der Waals surface area contributed by atoms with Gasteiger partial charge in [-0.3, -0.25) is 9.69 Å². The topological polar surface area (TPSA) is 69.7 Å². The van der Waals surface area contributed by atoms with Gasteiger partial charge < -0.3 is 4.90 Å². The largest absolute Gasteiger partial charge is 0.312 e. The Morgan fingerprint density at radius 2 is 1.88 bits per heavy atom. The molecule has 0 fully saturated rings. The van der Waals surface area contributed by atoms with Gasteiger partial charge in [0, 0.05) is 44.3 Å². The molecule has 0 atom stereocenters. The normalized spacial score (nSPS) is 14.6. The molecule has 0 saturated carbocycles. The van der Waals surface area contributed by atoms with E-state index < -0.39 is 10.0 Å². The van der Waals surface area contributed by atoms with Crippen molar-refractivity contribution in [3.8, 4) is 0 Å². The first kappa shape index (κ1) is 19.9. The van der Waals surface area contributed by atoms with Crippen LogP contribution in [0.25, 0.3) is 0 Å². The van der Waals surface area contributed by atoms with Gasteiger partial charge in [-0.25, -0.2) is 13.1 Å². The number of benzene rings is 1. The number of rotatable bonds is 7. The van der Waals surface area contributed by atoms with Crippen LogP contribution in [0.3, 0.4) is 0 Å². The quantitative estimate of drug-likeness (QED) is 0.800. The second kappa shape index (κ2) is 7.85. The predicted molar refractivity (Wildman–Crippen MR) is 100 cm³/mol. The first-order chi connectivity index (χ1) is 11.6. The van der Waals surface area contributed by atoms with E-state index in [-0.39, 0.29) is 10.8 Å². The second-order valence-electron chi connectivity index (χ2n) is 7.03. The number of nitrogens with zero attached hydrogens (tertiary/aromatic N) is 2. The van der Waals surface area contributed by atoms with Crippen LogP contribution in [0.1, 0.15) is 40.2 Å². The molecule has 0 unspecified atom stereocenters. The van der Waals surface area contributed by atoms with Crippen molar-refractivity contribution >= 4 is 21.6 Å².